The fourth-order valence-electron chi connectivity index (χ4n) is 2.33. The van der Waals surface area contributed by atoms with Gasteiger partial charge in [0.05, 0.1) is 12.1 Å². The molecule has 0 aliphatic heterocycles. The van der Waals surface area contributed by atoms with E-state index in [1.807, 2.05) is 0 Å². The Hall–Kier alpha value is -2.50. The monoisotopic (exact) mass is 290 g/mol. The molecule has 1 heterocycles. The molecule has 0 saturated heterocycles. The number of aryl methyl sites for hydroxylation is 1. The molecule has 0 fully saturated rings. The third-order valence-electron chi connectivity index (χ3n) is 3.47. The van der Waals surface area contributed by atoms with E-state index in [1.54, 1.807) is 26.8 Å². The van der Waals surface area contributed by atoms with Gasteiger partial charge in [-0.1, -0.05) is 6.07 Å². The number of aliphatic carboxylic acids is 1. The van der Waals surface area contributed by atoms with E-state index in [2.05, 4.69) is 4.98 Å². The summed E-state index contributed by atoms with van der Waals surface area (Å²) in [6.45, 7) is 4.79. The van der Waals surface area contributed by atoms with E-state index in [1.165, 1.54) is 16.7 Å². The number of benzene rings is 1. The van der Waals surface area contributed by atoms with Crippen molar-refractivity contribution in [3.05, 3.63) is 57.0 Å². The number of carboxylic acid groups (broad SMARTS) is 1. The number of hydrogen-bond acceptors (Lipinski definition) is 3. The van der Waals surface area contributed by atoms with Crippen molar-refractivity contribution in [2.45, 2.75) is 27.2 Å². The van der Waals surface area contributed by atoms with Crippen molar-refractivity contribution in [3.63, 3.8) is 0 Å². The first-order valence-electron chi connectivity index (χ1n) is 6.39. The Kier molecular flexibility index (Phi) is 3.88. The van der Waals surface area contributed by atoms with Gasteiger partial charge in [-0.05, 0) is 32.9 Å². The predicted octanol–water partition coefficient (Wildman–Crippen LogP) is 1.92. The Balaban J connectivity index is 2.78. The van der Waals surface area contributed by atoms with E-state index >= 15 is 0 Å². The third-order valence-corrected chi connectivity index (χ3v) is 3.47. The van der Waals surface area contributed by atoms with Crippen molar-refractivity contribution in [3.8, 4) is 5.69 Å². The number of rotatable bonds is 3. The van der Waals surface area contributed by atoms with Crippen LogP contribution in [0.15, 0.2) is 23.0 Å². The Morgan fingerprint density at radius 3 is 2.62 bits per heavy atom. The van der Waals surface area contributed by atoms with Gasteiger partial charge in [0.2, 0.25) is 0 Å². The molecule has 0 bridgehead atoms. The molecule has 2 aromatic rings. The Morgan fingerprint density at radius 2 is 2.00 bits per heavy atom. The van der Waals surface area contributed by atoms with Gasteiger partial charge in [0.1, 0.15) is 5.82 Å². The molecular weight excluding hydrogens is 275 g/mol. The van der Waals surface area contributed by atoms with Crippen LogP contribution in [-0.2, 0) is 11.2 Å². The lowest BCUT2D eigenvalue weighted by molar-refractivity contribution is -0.136. The van der Waals surface area contributed by atoms with E-state index < -0.39 is 17.5 Å². The lowest BCUT2D eigenvalue weighted by atomic mass is 10.1. The van der Waals surface area contributed by atoms with E-state index in [0.717, 1.165) is 0 Å². The van der Waals surface area contributed by atoms with Crippen LogP contribution in [-0.4, -0.2) is 20.6 Å². The number of aromatic nitrogens is 2. The summed E-state index contributed by atoms with van der Waals surface area (Å²) in [7, 11) is 0. The first kappa shape index (κ1) is 14.9. The number of hydrogen-bond donors (Lipinski definition) is 1. The number of halogens is 1. The summed E-state index contributed by atoms with van der Waals surface area (Å²) in [5, 5.41) is 8.97. The van der Waals surface area contributed by atoms with Gasteiger partial charge in [-0.2, -0.15) is 4.98 Å². The van der Waals surface area contributed by atoms with Crippen LogP contribution in [0, 0.1) is 26.6 Å². The molecule has 0 aliphatic rings. The zero-order valence-electron chi connectivity index (χ0n) is 12.0. The fraction of sp³-hybridized carbons (Fsp3) is 0.267. The lowest BCUT2D eigenvalue weighted by Crippen LogP contribution is -2.27. The van der Waals surface area contributed by atoms with Crippen LogP contribution in [0.1, 0.15) is 22.5 Å². The Bertz CT molecular complexity index is 781. The molecule has 1 aromatic carbocycles. The Labute approximate surface area is 120 Å². The van der Waals surface area contributed by atoms with Crippen LogP contribution in [0.5, 0.6) is 0 Å². The lowest BCUT2D eigenvalue weighted by Gasteiger charge is -2.16. The number of nitrogens with zero attached hydrogens (tertiary/aromatic N) is 2. The van der Waals surface area contributed by atoms with Gasteiger partial charge in [-0.15, -0.1) is 0 Å². The summed E-state index contributed by atoms with van der Waals surface area (Å²) < 4.78 is 14.9. The van der Waals surface area contributed by atoms with Gasteiger partial charge in [0.25, 0.3) is 0 Å². The average Bonchev–Trinajstić information content (AvgIpc) is 2.39. The number of carbonyl (C=O) groups is 1. The molecule has 0 amide bonds. The summed E-state index contributed by atoms with van der Waals surface area (Å²) in [6, 6.07) is 4.41. The highest BCUT2D eigenvalue weighted by molar-refractivity contribution is 5.71. The van der Waals surface area contributed by atoms with Gasteiger partial charge in [-0.3, -0.25) is 9.36 Å². The highest BCUT2D eigenvalue weighted by atomic mass is 19.1. The normalized spacial score (nSPS) is 10.7. The largest absolute Gasteiger partial charge is 0.481 e. The minimum absolute atomic E-state index is 0.237. The quantitative estimate of drug-likeness (QED) is 0.937. The first-order chi connectivity index (χ1) is 9.82. The molecule has 0 atom stereocenters. The SMILES string of the molecule is Cc1nc(=O)n(-c2cccc(F)c2C)c(C)c1CC(=O)O. The summed E-state index contributed by atoms with van der Waals surface area (Å²) in [5.74, 6) is -1.44. The van der Waals surface area contributed by atoms with Gasteiger partial charge < -0.3 is 5.11 Å². The minimum Gasteiger partial charge on any atom is -0.481 e. The zero-order valence-corrected chi connectivity index (χ0v) is 12.0. The molecule has 1 aromatic heterocycles. The van der Waals surface area contributed by atoms with E-state index in [-0.39, 0.29) is 6.42 Å². The summed E-state index contributed by atoms with van der Waals surface area (Å²) in [4.78, 5) is 27.0. The zero-order chi connectivity index (χ0) is 15.7. The highest BCUT2D eigenvalue weighted by Crippen LogP contribution is 2.19. The van der Waals surface area contributed by atoms with Crippen LogP contribution in [0.3, 0.4) is 0 Å². The van der Waals surface area contributed by atoms with Crippen molar-refractivity contribution in [1.29, 1.82) is 0 Å². The molecular formula is C15H15FN2O3. The molecule has 5 nitrogen and oxygen atoms in total. The smallest absolute Gasteiger partial charge is 0.352 e. The molecule has 0 unspecified atom stereocenters. The Morgan fingerprint density at radius 1 is 1.33 bits per heavy atom. The third kappa shape index (κ3) is 2.69. The topological polar surface area (TPSA) is 72.2 Å². The second kappa shape index (κ2) is 5.47. The van der Waals surface area contributed by atoms with Gasteiger partial charge in [0, 0.05) is 22.5 Å². The van der Waals surface area contributed by atoms with Gasteiger partial charge in [-0.25, -0.2) is 9.18 Å². The minimum atomic E-state index is -1.01. The molecule has 0 saturated carbocycles. The maximum absolute atomic E-state index is 13.7. The molecule has 21 heavy (non-hydrogen) atoms. The predicted molar refractivity (Wildman–Crippen MR) is 75.3 cm³/mol. The van der Waals surface area contributed by atoms with Crippen LogP contribution in [0.2, 0.25) is 0 Å². The van der Waals surface area contributed by atoms with Crippen molar-refractivity contribution >= 4 is 5.97 Å². The highest BCUT2D eigenvalue weighted by Gasteiger charge is 2.17. The van der Waals surface area contributed by atoms with Crippen molar-refractivity contribution in [1.82, 2.24) is 9.55 Å². The van der Waals surface area contributed by atoms with Crippen LogP contribution >= 0.6 is 0 Å². The summed E-state index contributed by atoms with van der Waals surface area (Å²) in [5.41, 5.74) is 1.44. The molecule has 0 spiro atoms. The molecule has 2 rings (SSSR count). The van der Waals surface area contributed by atoms with Gasteiger partial charge >= 0.3 is 11.7 Å². The second-order valence-corrected chi connectivity index (χ2v) is 4.83. The fourth-order valence-corrected chi connectivity index (χ4v) is 2.33. The van der Waals surface area contributed by atoms with Crippen molar-refractivity contribution in [2.24, 2.45) is 0 Å². The average molecular weight is 290 g/mol. The van der Waals surface area contributed by atoms with Crippen molar-refractivity contribution in [2.75, 3.05) is 0 Å². The summed E-state index contributed by atoms with van der Waals surface area (Å²) in [6.07, 6.45) is -0.237. The molecule has 110 valence electrons. The first-order valence-corrected chi connectivity index (χ1v) is 6.39. The standard InChI is InChI=1S/C15H15FN2O3/c1-8-12(16)5-4-6-13(8)18-10(3)11(7-14(19)20)9(2)17-15(18)21/h4-6H,7H2,1-3H3,(H,19,20). The molecule has 1 N–H and O–H groups in total. The molecule has 0 aliphatic carbocycles. The summed E-state index contributed by atoms with van der Waals surface area (Å²) >= 11 is 0. The van der Waals surface area contributed by atoms with Crippen LogP contribution in [0.25, 0.3) is 5.69 Å². The van der Waals surface area contributed by atoms with E-state index in [9.17, 15) is 14.0 Å². The van der Waals surface area contributed by atoms with Crippen molar-refractivity contribution < 1.29 is 14.3 Å². The van der Waals surface area contributed by atoms with Crippen LogP contribution < -0.4 is 5.69 Å². The van der Waals surface area contributed by atoms with Gasteiger partial charge in [0.15, 0.2) is 0 Å². The maximum atomic E-state index is 13.7. The maximum Gasteiger partial charge on any atom is 0.352 e. The molecule has 0 radical (unpaired) electrons. The molecule has 6 heteroatoms. The second-order valence-electron chi connectivity index (χ2n) is 4.83. The number of carboxylic acids is 1. The van der Waals surface area contributed by atoms with E-state index in [0.29, 0.717) is 28.2 Å². The van der Waals surface area contributed by atoms with Crippen LogP contribution in [0.4, 0.5) is 4.39 Å². The van der Waals surface area contributed by atoms with E-state index in [4.69, 9.17) is 5.11 Å².